The van der Waals surface area contributed by atoms with Crippen molar-refractivity contribution in [1.29, 1.82) is 0 Å². The summed E-state index contributed by atoms with van der Waals surface area (Å²) in [6.45, 7) is 3.98. The molecule has 0 bridgehead atoms. The summed E-state index contributed by atoms with van der Waals surface area (Å²) in [5.74, 6) is -0.146. The van der Waals surface area contributed by atoms with Crippen LogP contribution in [0.5, 0.6) is 5.75 Å². The zero-order valence-corrected chi connectivity index (χ0v) is 14.7. The van der Waals surface area contributed by atoms with Gasteiger partial charge in [-0.2, -0.15) is 5.10 Å². The summed E-state index contributed by atoms with van der Waals surface area (Å²) in [4.78, 5) is 11.8. The molecule has 0 aliphatic carbocycles. The molecule has 1 N–H and O–H groups in total. The first-order chi connectivity index (χ1) is 11.3. The van der Waals surface area contributed by atoms with Crippen LogP contribution < -0.4 is 9.46 Å². The average Bonchev–Trinajstić information content (AvgIpc) is 2.83. The van der Waals surface area contributed by atoms with Crippen LogP contribution in [-0.4, -0.2) is 37.9 Å². The molecule has 1 heterocycles. The van der Waals surface area contributed by atoms with Crippen molar-refractivity contribution >= 4 is 21.7 Å². The van der Waals surface area contributed by atoms with E-state index in [2.05, 4.69) is 14.6 Å². The Labute approximate surface area is 140 Å². The van der Waals surface area contributed by atoms with Crippen molar-refractivity contribution in [3.8, 4) is 5.75 Å². The van der Waals surface area contributed by atoms with Crippen LogP contribution in [0.4, 0.5) is 5.69 Å². The lowest BCUT2D eigenvalue weighted by Gasteiger charge is -2.10. The molecule has 0 saturated carbocycles. The van der Waals surface area contributed by atoms with Gasteiger partial charge in [0.05, 0.1) is 24.3 Å². The second-order valence-electron chi connectivity index (χ2n) is 4.93. The number of esters is 1. The molecule has 0 spiro atoms. The molecule has 0 radical (unpaired) electrons. The molecular formula is C15H19N3O5S. The fraction of sp³-hybridized carbons (Fsp3) is 0.333. The van der Waals surface area contributed by atoms with E-state index in [-0.39, 0.29) is 16.3 Å². The molecule has 9 heteroatoms. The molecule has 0 atom stereocenters. The number of benzene rings is 1. The van der Waals surface area contributed by atoms with E-state index < -0.39 is 16.0 Å². The lowest BCUT2D eigenvalue weighted by atomic mass is 10.3. The van der Waals surface area contributed by atoms with Gasteiger partial charge < -0.3 is 9.47 Å². The molecule has 24 heavy (non-hydrogen) atoms. The van der Waals surface area contributed by atoms with Crippen molar-refractivity contribution in [1.82, 2.24) is 9.78 Å². The Morgan fingerprint density at radius 2 is 1.92 bits per heavy atom. The van der Waals surface area contributed by atoms with Gasteiger partial charge in [0.25, 0.3) is 10.0 Å². The molecule has 2 aromatic rings. The predicted octanol–water partition coefficient (Wildman–Crippen LogP) is 1.71. The second kappa shape index (κ2) is 6.91. The van der Waals surface area contributed by atoms with Crippen LogP contribution >= 0.6 is 0 Å². The number of methoxy groups -OCH3 is 1. The second-order valence-corrected chi connectivity index (χ2v) is 6.62. The summed E-state index contributed by atoms with van der Waals surface area (Å²) in [6.07, 6.45) is 0. The molecule has 0 aliphatic rings. The fourth-order valence-corrected chi connectivity index (χ4v) is 3.17. The number of hydrogen-bond acceptors (Lipinski definition) is 6. The standard InChI is InChI=1S/C15H19N3O5S/c1-5-23-11-6-8-12(9-7-11)24(20,21)17-13-10(2)18(3)16-14(13)15(19)22-4/h6-9,17H,5H2,1-4H3. The average molecular weight is 353 g/mol. The normalized spacial score (nSPS) is 11.2. The number of carbonyl (C=O) groups is 1. The van der Waals surface area contributed by atoms with E-state index in [1.54, 1.807) is 26.1 Å². The molecule has 2 rings (SSSR count). The lowest BCUT2D eigenvalue weighted by Crippen LogP contribution is -2.16. The molecule has 1 aromatic carbocycles. The molecule has 0 unspecified atom stereocenters. The summed E-state index contributed by atoms with van der Waals surface area (Å²) in [6, 6.07) is 5.98. The summed E-state index contributed by atoms with van der Waals surface area (Å²) in [7, 11) is -1.07. The minimum absolute atomic E-state index is 0.0463. The minimum atomic E-state index is -3.89. The molecule has 0 fully saturated rings. The van der Waals surface area contributed by atoms with E-state index in [9.17, 15) is 13.2 Å². The highest BCUT2D eigenvalue weighted by molar-refractivity contribution is 7.92. The number of aromatic nitrogens is 2. The number of sulfonamides is 1. The van der Waals surface area contributed by atoms with Crippen LogP contribution in [0.1, 0.15) is 23.1 Å². The number of aryl methyl sites for hydroxylation is 1. The van der Waals surface area contributed by atoms with Crippen LogP contribution in [0.3, 0.4) is 0 Å². The largest absolute Gasteiger partial charge is 0.494 e. The van der Waals surface area contributed by atoms with Gasteiger partial charge in [-0.05, 0) is 38.1 Å². The molecule has 8 nitrogen and oxygen atoms in total. The number of anilines is 1. The summed E-state index contributed by atoms with van der Waals surface area (Å²) in [5.41, 5.74) is 0.496. The highest BCUT2D eigenvalue weighted by Crippen LogP contribution is 2.25. The van der Waals surface area contributed by atoms with Gasteiger partial charge in [0, 0.05) is 7.05 Å². The van der Waals surface area contributed by atoms with E-state index in [4.69, 9.17) is 4.74 Å². The molecule has 0 saturated heterocycles. The van der Waals surface area contributed by atoms with Crippen molar-refractivity contribution in [2.24, 2.45) is 7.05 Å². The van der Waals surface area contributed by atoms with Crippen LogP contribution in [0.25, 0.3) is 0 Å². The fourth-order valence-electron chi connectivity index (χ4n) is 2.04. The number of rotatable bonds is 6. The van der Waals surface area contributed by atoms with Crippen LogP contribution in [0.2, 0.25) is 0 Å². The highest BCUT2D eigenvalue weighted by Gasteiger charge is 2.25. The number of nitrogens with zero attached hydrogens (tertiary/aromatic N) is 2. The number of carbonyl (C=O) groups excluding carboxylic acids is 1. The summed E-state index contributed by atoms with van der Waals surface area (Å²) in [5, 5.41) is 3.99. The topological polar surface area (TPSA) is 99.5 Å². The lowest BCUT2D eigenvalue weighted by molar-refractivity contribution is 0.0594. The van der Waals surface area contributed by atoms with E-state index in [1.807, 2.05) is 6.92 Å². The first-order valence-corrected chi connectivity index (χ1v) is 8.66. The Bertz CT molecular complexity index is 841. The van der Waals surface area contributed by atoms with E-state index in [0.29, 0.717) is 18.1 Å². The maximum Gasteiger partial charge on any atom is 0.360 e. The van der Waals surface area contributed by atoms with E-state index in [0.717, 1.165) is 0 Å². The van der Waals surface area contributed by atoms with E-state index in [1.165, 1.54) is 23.9 Å². The van der Waals surface area contributed by atoms with Crippen molar-refractivity contribution in [3.05, 3.63) is 35.7 Å². The Kier molecular flexibility index (Phi) is 5.13. The number of hydrogen-bond donors (Lipinski definition) is 1. The first kappa shape index (κ1) is 17.8. The predicted molar refractivity (Wildman–Crippen MR) is 87.7 cm³/mol. The SMILES string of the molecule is CCOc1ccc(S(=O)(=O)Nc2c(C(=O)OC)nn(C)c2C)cc1. The Balaban J connectivity index is 2.37. The Hall–Kier alpha value is -2.55. The number of nitrogens with one attached hydrogen (secondary N) is 1. The third-order valence-corrected chi connectivity index (χ3v) is 4.76. The van der Waals surface area contributed by atoms with Gasteiger partial charge in [-0.25, -0.2) is 13.2 Å². The van der Waals surface area contributed by atoms with Gasteiger partial charge in [-0.3, -0.25) is 9.40 Å². The van der Waals surface area contributed by atoms with Crippen molar-refractivity contribution < 1.29 is 22.7 Å². The smallest absolute Gasteiger partial charge is 0.360 e. The first-order valence-electron chi connectivity index (χ1n) is 7.17. The van der Waals surface area contributed by atoms with Crippen molar-refractivity contribution in [2.75, 3.05) is 18.4 Å². The van der Waals surface area contributed by atoms with Gasteiger partial charge in [-0.1, -0.05) is 0 Å². The van der Waals surface area contributed by atoms with Gasteiger partial charge >= 0.3 is 5.97 Å². The van der Waals surface area contributed by atoms with Crippen molar-refractivity contribution in [2.45, 2.75) is 18.7 Å². The quantitative estimate of drug-likeness (QED) is 0.794. The maximum atomic E-state index is 12.6. The molecular weight excluding hydrogens is 334 g/mol. The van der Waals surface area contributed by atoms with Crippen LogP contribution in [0, 0.1) is 6.92 Å². The molecule has 0 amide bonds. The third-order valence-electron chi connectivity index (χ3n) is 3.39. The Morgan fingerprint density at radius 3 is 2.46 bits per heavy atom. The monoisotopic (exact) mass is 353 g/mol. The summed E-state index contributed by atoms with van der Waals surface area (Å²) < 4.78 is 38.9. The zero-order valence-electron chi connectivity index (χ0n) is 13.9. The molecule has 0 aliphatic heterocycles. The van der Waals surface area contributed by atoms with Gasteiger partial charge in [0.15, 0.2) is 5.69 Å². The van der Waals surface area contributed by atoms with Gasteiger partial charge in [0.1, 0.15) is 11.4 Å². The third kappa shape index (κ3) is 3.51. The maximum absolute atomic E-state index is 12.6. The summed E-state index contributed by atoms with van der Waals surface area (Å²) >= 11 is 0. The zero-order chi connectivity index (χ0) is 17.9. The van der Waals surface area contributed by atoms with Gasteiger partial charge in [-0.15, -0.1) is 0 Å². The Morgan fingerprint density at radius 1 is 1.29 bits per heavy atom. The molecule has 1 aromatic heterocycles. The van der Waals surface area contributed by atoms with Crippen molar-refractivity contribution in [3.63, 3.8) is 0 Å². The van der Waals surface area contributed by atoms with Crippen LogP contribution in [-0.2, 0) is 21.8 Å². The highest BCUT2D eigenvalue weighted by atomic mass is 32.2. The molecule has 130 valence electrons. The van der Waals surface area contributed by atoms with Crippen LogP contribution in [0.15, 0.2) is 29.2 Å². The van der Waals surface area contributed by atoms with Gasteiger partial charge in [0.2, 0.25) is 0 Å². The van der Waals surface area contributed by atoms with E-state index >= 15 is 0 Å². The minimum Gasteiger partial charge on any atom is -0.494 e. The number of ether oxygens (including phenoxy) is 2.